The van der Waals surface area contributed by atoms with E-state index < -0.39 is 12.0 Å². The molecule has 0 bridgehead atoms. The Hall–Kier alpha value is -1.76. The lowest BCUT2D eigenvalue weighted by Crippen LogP contribution is -2.53. The van der Waals surface area contributed by atoms with Crippen molar-refractivity contribution in [3.05, 3.63) is 30.1 Å². The van der Waals surface area contributed by atoms with Gasteiger partial charge in [-0.1, -0.05) is 6.07 Å². The van der Waals surface area contributed by atoms with Gasteiger partial charge in [-0.15, -0.1) is 0 Å². The molecule has 1 atom stereocenters. The first-order chi connectivity index (χ1) is 9.59. The van der Waals surface area contributed by atoms with E-state index in [1.54, 1.807) is 25.0 Å². The Morgan fingerprint density at radius 3 is 3.00 bits per heavy atom. The summed E-state index contributed by atoms with van der Waals surface area (Å²) >= 11 is 1.56. The molecule has 1 N–H and O–H groups in total. The number of amides is 2. The van der Waals surface area contributed by atoms with Crippen LogP contribution in [0.5, 0.6) is 0 Å². The monoisotopic (exact) mass is 295 g/mol. The first-order valence-electron chi connectivity index (χ1n) is 6.32. The number of thioether (sulfide) groups is 1. The number of hydrogen-bond acceptors (Lipinski definition) is 4. The molecule has 2 amide bonds. The maximum atomic E-state index is 12.4. The Morgan fingerprint density at radius 1 is 1.55 bits per heavy atom. The van der Waals surface area contributed by atoms with Crippen molar-refractivity contribution >= 4 is 23.8 Å². The van der Waals surface area contributed by atoms with E-state index >= 15 is 0 Å². The Balaban J connectivity index is 2.03. The van der Waals surface area contributed by atoms with Gasteiger partial charge in [0.15, 0.2) is 0 Å². The summed E-state index contributed by atoms with van der Waals surface area (Å²) in [5, 5.41) is 9.19. The smallest absolute Gasteiger partial charge is 0.327 e. The number of pyridine rings is 1. The van der Waals surface area contributed by atoms with E-state index in [0.717, 1.165) is 11.4 Å². The second kappa shape index (κ2) is 6.60. The Labute approximate surface area is 121 Å². The second-order valence-corrected chi connectivity index (χ2v) is 5.73. The fraction of sp³-hybridized carbons (Fsp3) is 0.462. The van der Waals surface area contributed by atoms with Gasteiger partial charge in [0.05, 0.1) is 12.2 Å². The van der Waals surface area contributed by atoms with Crippen molar-refractivity contribution in [3.63, 3.8) is 0 Å². The molecule has 0 saturated carbocycles. The largest absolute Gasteiger partial charge is 0.480 e. The Bertz CT molecular complexity index is 483. The molecule has 7 heteroatoms. The number of rotatable bonds is 3. The standard InChI is InChI=1S/C13H17N3O3S/c1-15(8-10-4-2-3-5-14-10)13(19)16-6-7-20-9-11(16)12(17)18/h2-5,11H,6-9H2,1H3,(H,17,18). The molecular weight excluding hydrogens is 278 g/mol. The molecule has 6 nitrogen and oxygen atoms in total. The zero-order chi connectivity index (χ0) is 14.5. The summed E-state index contributed by atoms with van der Waals surface area (Å²) in [5.74, 6) is 0.266. The van der Waals surface area contributed by atoms with Gasteiger partial charge in [-0.3, -0.25) is 4.98 Å². The van der Waals surface area contributed by atoms with Gasteiger partial charge in [0, 0.05) is 31.3 Å². The van der Waals surface area contributed by atoms with Gasteiger partial charge in [-0.05, 0) is 12.1 Å². The summed E-state index contributed by atoms with van der Waals surface area (Å²) in [5.41, 5.74) is 0.779. The SMILES string of the molecule is CN(Cc1ccccn1)C(=O)N1CCSCC1C(=O)O. The predicted molar refractivity (Wildman–Crippen MR) is 76.6 cm³/mol. The first kappa shape index (κ1) is 14.6. The fourth-order valence-corrected chi connectivity index (χ4v) is 3.10. The van der Waals surface area contributed by atoms with E-state index in [1.807, 2.05) is 18.2 Å². The average Bonchev–Trinajstić information content (AvgIpc) is 2.47. The molecule has 0 aromatic carbocycles. The van der Waals surface area contributed by atoms with Crippen LogP contribution in [0.4, 0.5) is 4.79 Å². The number of carboxylic acids is 1. The maximum absolute atomic E-state index is 12.4. The van der Waals surface area contributed by atoms with Crippen molar-refractivity contribution in [2.45, 2.75) is 12.6 Å². The van der Waals surface area contributed by atoms with Crippen LogP contribution in [0.25, 0.3) is 0 Å². The zero-order valence-electron chi connectivity index (χ0n) is 11.2. The summed E-state index contributed by atoms with van der Waals surface area (Å²) in [7, 11) is 1.66. The molecule has 1 aromatic heterocycles. The summed E-state index contributed by atoms with van der Waals surface area (Å²) in [6.07, 6.45) is 1.67. The topological polar surface area (TPSA) is 73.7 Å². The van der Waals surface area contributed by atoms with Gasteiger partial charge in [0.1, 0.15) is 6.04 Å². The summed E-state index contributed by atoms with van der Waals surface area (Å²) in [6.45, 7) is 0.836. The molecule has 2 heterocycles. The molecule has 0 spiro atoms. The van der Waals surface area contributed by atoms with Crippen molar-refractivity contribution in [3.8, 4) is 0 Å². The van der Waals surface area contributed by atoms with Crippen molar-refractivity contribution in [2.75, 3.05) is 25.1 Å². The van der Waals surface area contributed by atoms with Crippen LogP contribution in [-0.2, 0) is 11.3 Å². The van der Waals surface area contributed by atoms with E-state index in [0.29, 0.717) is 18.8 Å². The van der Waals surface area contributed by atoms with Gasteiger partial charge in [0.25, 0.3) is 0 Å². The third kappa shape index (κ3) is 3.41. The lowest BCUT2D eigenvalue weighted by Gasteiger charge is -2.35. The molecule has 1 aliphatic heterocycles. The van der Waals surface area contributed by atoms with Crippen LogP contribution >= 0.6 is 11.8 Å². The minimum Gasteiger partial charge on any atom is -0.480 e. The average molecular weight is 295 g/mol. The molecule has 1 aromatic rings. The van der Waals surface area contributed by atoms with Crippen LogP contribution in [0.3, 0.4) is 0 Å². The van der Waals surface area contributed by atoms with Gasteiger partial charge in [-0.2, -0.15) is 11.8 Å². The van der Waals surface area contributed by atoms with Crippen molar-refractivity contribution in [1.82, 2.24) is 14.8 Å². The van der Waals surface area contributed by atoms with Crippen molar-refractivity contribution in [1.29, 1.82) is 0 Å². The van der Waals surface area contributed by atoms with E-state index in [2.05, 4.69) is 4.98 Å². The Kier molecular flexibility index (Phi) is 4.84. The molecule has 0 radical (unpaired) electrons. The lowest BCUT2D eigenvalue weighted by molar-refractivity contribution is -0.141. The number of aromatic nitrogens is 1. The molecule has 1 aliphatic rings. The van der Waals surface area contributed by atoms with Gasteiger partial charge in [0.2, 0.25) is 0 Å². The zero-order valence-corrected chi connectivity index (χ0v) is 12.0. The Morgan fingerprint density at radius 2 is 2.35 bits per heavy atom. The number of nitrogens with zero attached hydrogens (tertiary/aromatic N) is 3. The summed E-state index contributed by atoms with van der Waals surface area (Å²) in [6, 6.07) is 4.51. The minimum atomic E-state index is -0.947. The predicted octanol–water partition coefficient (Wildman–Crippen LogP) is 1.14. The highest BCUT2D eigenvalue weighted by Crippen LogP contribution is 2.18. The summed E-state index contributed by atoms with van der Waals surface area (Å²) < 4.78 is 0. The van der Waals surface area contributed by atoms with Gasteiger partial charge >= 0.3 is 12.0 Å². The highest BCUT2D eigenvalue weighted by Gasteiger charge is 2.33. The molecular formula is C13H17N3O3S. The quantitative estimate of drug-likeness (QED) is 0.905. The van der Waals surface area contributed by atoms with Crippen LogP contribution in [0.1, 0.15) is 5.69 Å². The first-order valence-corrected chi connectivity index (χ1v) is 7.47. The van der Waals surface area contributed by atoms with E-state index in [1.165, 1.54) is 9.80 Å². The van der Waals surface area contributed by atoms with Gasteiger partial charge < -0.3 is 14.9 Å². The molecule has 20 heavy (non-hydrogen) atoms. The van der Waals surface area contributed by atoms with Crippen LogP contribution in [0.15, 0.2) is 24.4 Å². The number of carboxylic acid groups (broad SMARTS) is 1. The highest BCUT2D eigenvalue weighted by molar-refractivity contribution is 7.99. The van der Waals surface area contributed by atoms with Crippen LogP contribution in [-0.4, -0.2) is 63.0 Å². The van der Waals surface area contributed by atoms with Crippen LogP contribution in [0.2, 0.25) is 0 Å². The number of aliphatic carboxylic acids is 1. The third-order valence-corrected chi connectivity index (χ3v) is 4.13. The molecule has 1 fully saturated rings. The molecule has 2 rings (SSSR count). The highest BCUT2D eigenvalue weighted by atomic mass is 32.2. The van der Waals surface area contributed by atoms with Crippen molar-refractivity contribution < 1.29 is 14.7 Å². The molecule has 1 saturated heterocycles. The number of hydrogen-bond donors (Lipinski definition) is 1. The normalized spacial score (nSPS) is 18.6. The van der Waals surface area contributed by atoms with E-state index in [9.17, 15) is 14.7 Å². The van der Waals surface area contributed by atoms with Gasteiger partial charge in [-0.25, -0.2) is 9.59 Å². The van der Waals surface area contributed by atoms with E-state index in [4.69, 9.17) is 0 Å². The second-order valence-electron chi connectivity index (χ2n) is 4.58. The molecule has 0 aliphatic carbocycles. The van der Waals surface area contributed by atoms with Crippen LogP contribution < -0.4 is 0 Å². The lowest BCUT2D eigenvalue weighted by atomic mass is 10.3. The minimum absolute atomic E-state index is 0.261. The number of carbonyl (C=O) groups excluding carboxylic acids is 1. The van der Waals surface area contributed by atoms with Crippen molar-refractivity contribution in [2.24, 2.45) is 0 Å². The number of urea groups is 1. The third-order valence-electron chi connectivity index (χ3n) is 3.11. The molecule has 108 valence electrons. The maximum Gasteiger partial charge on any atom is 0.327 e. The molecule has 1 unspecified atom stereocenters. The fourth-order valence-electron chi connectivity index (χ4n) is 2.06. The number of carbonyl (C=O) groups is 2. The van der Waals surface area contributed by atoms with Crippen LogP contribution in [0, 0.1) is 0 Å². The summed E-state index contributed by atoms with van der Waals surface area (Å²) in [4.78, 5) is 30.7. The van der Waals surface area contributed by atoms with E-state index in [-0.39, 0.29) is 6.03 Å².